The van der Waals surface area contributed by atoms with Crippen LogP contribution in [0.3, 0.4) is 0 Å². The maximum absolute atomic E-state index is 13.0. The van der Waals surface area contributed by atoms with Crippen molar-refractivity contribution in [2.75, 3.05) is 13.1 Å². The van der Waals surface area contributed by atoms with Gasteiger partial charge in [-0.1, -0.05) is 54.4 Å². The van der Waals surface area contributed by atoms with Crippen molar-refractivity contribution in [3.63, 3.8) is 0 Å². The highest BCUT2D eigenvalue weighted by molar-refractivity contribution is 9.10. The van der Waals surface area contributed by atoms with E-state index >= 15 is 0 Å². The third-order valence-electron chi connectivity index (χ3n) is 2.80. The molecule has 0 aliphatic rings. The van der Waals surface area contributed by atoms with E-state index in [-0.39, 0.29) is 5.82 Å². The molecule has 0 spiro atoms. The molecule has 0 fully saturated rings. The summed E-state index contributed by atoms with van der Waals surface area (Å²) in [7, 11) is 0. The topological polar surface area (TPSA) is 12.0 Å². The molecule has 1 rings (SSSR count). The Bertz CT molecular complexity index is 413. The molecule has 18 heavy (non-hydrogen) atoms. The van der Waals surface area contributed by atoms with Gasteiger partial charge in [-0.3, -0.25) is 0 Å². The quantitative estimate of drug-likeness (QED) is 0.755. The Morgan fingerprint density at radius 2 is 2.17 bits per heavy atom. The van der Waals surface area contributed by atoms with Crippen LogP contribution in [0.25, 0.3) is 6.08 Å². The highest BCUT2D eigenvalue weighted by Crippen LogP contribution is 2.22. The molecule has 100 valence electrons. The summed E-state index contributed by atoms with van der Waals surface area (Å²) in [6, 6.07) is 4.80. The van der Waals surface area contributed by atoms with Crippen molar-refractivity contribution in [1.29, 1.82) is 0 Å². The van der Waals surface area contributed by atoms with Crippen molar-refractivity contribution in [2.45, 2.75) is 27.2 Å². The van der Waals surface area contributed by atoms with Crippen LogP contribution in [0.15, 0.2) is 28.2 Å². The van der Waals surface area contributed by atoms with E-state index in [2.05, 4.69) is 48.1 Å². The van der Waals surface area contributed by atoms with Crippen molar-refractivity contribution >= 4 is 22.0 Å². The number of hydrogen-bond acceptors (Lipinski definition) is 1. The summed E-state index contributed by atoms with van der Waals surface area (Å²) in [4.78, 5) is 0. The summed E-state index contributed by atoms with van der Waals surface area (Å²) < 4.78 is 13.8. The van der Waals surface area contributed by atoms with E-state index in [1.807, 2.05) is 6.07 Å². The second kappa shape index (κ2) is 7.70. The van der Waals surface area contributed by atoms with Gasteiger partial charge in [0.2, 0.25) is 0 Å². The lowest BCUT2D eigenvalue weighted by molar-refractivity contribution is 0.626. The smallest absolute Gasteiger partial charge is 0.124 e. The van der Waals surface area contributed by atoms with Crippen molar-refractivity contribution in [3.05, 3.63) is 39.6 Å². The van der Waals surface area contributed by atoms with Gasteiger partial charge < -0.3 is 5.32 Å². The highest BCUT2D eigenvalue weighted by Gasteiger charge is 2.05. The Labute approximate surface area is 118 Å². The minimum Gasteiger partial charge on any atom is -0.313 e. The molecule has 0 heterocycles. The van der Waals surface area contributed by atoms with E-state index in [4.69, 9.17) is 0 Å². The first-order valence-corrected chi connectivity index (χ1v) is 7.20. The van der Waals surface area contributed by atoms with Gasteiger partial charge in [0, 0.05) is 11.0 Å². The number of hydrogen-bond donors (Lipinski definition) is 1. The zero-order chi connectivity index (χ0) is 13.5. The van der Waals surface area contributed by atoms with E-state index in [9.17, 15) is 4.39 Å². The highest BCUT2D eigenvalue weighted by atomic mass is 79.9. The van der Waals surface area contributed by atoms with Crippen molar-refractivity contribution < 1.29 is 4.39 Å². The molecule has 1 nitrogen and oxygen atoms in total. The van der Waals surface area contributed by atoms with E-state index in [0.29, 0.717) is 5.92 Å². The SMILES string of the molecule is CCCNC/C(=C/c1ccc(F)cc1Br)C(C)C. The number of halogens is 2. The molecule has 0 bridgehead atoms. The molecular formula is C15H21BrFN. The summed E-state index contributed by atoms with van der Waals surface area (Å²) in [6.45, 7) is 8.42. The molecule has 0 aromatic heterocycles. The Morgan fingerprint density at radius 3 is 2.72 bits per heavy atom. The molecule has 1 aromatic rings. The van der Waals surface area contributed by atoms with Crippen LogP contribution in [0.4, 0.5) is 4.39 Å². The van der Waals surface area contributed by atoms with Gasteiger partial charge in [0.1, 0.15) is 5.82 Å². The lowest BCUT2D eigenvalue weighted by atomic mass is 10.00. The predicted octanol–water partition coefficient (Wildman–Crippen LogP) is 4.63. The minimum absolute atomic E-state index is 0.214. The molecule has 0 saturated carbocycles. The molecule has 0 saturated heterocycles. The monoisotopic (exact) mass is 313 g/mol. The number of benzene rings is 1. The van der Waals surface area contributed by atoms with Crippen LogP contribution in [-0.4, -0.2) is 13.1 Å². The van der Waals surface area contributed by atoms with Crippen molar-refractivity contribution in [3.8, 4) is 0 Å². The largest absolute Gasteiger partial charge is 0.313 e. The first kappa shape index (κ1) is 15.4. The van der Waals surface area contributed by atoms with Gasteiger partial charge in [0.25, 0.3) is 0 Å². The molecule has 0 amide bonds. The van der Waals surface area contributed by atoms with E-state index < -0.39 is 0 Å². The predicted molar refractivity (Wildman–Crippen MR) is 80.1 cm³/mol. The van der Waals surface area contributed by atoms with Crippen LogP contribution in [0.2, 0.25) is 0 Å². The average molecular weight is 314 g/mol. The van der Waals surface area contributed by atoms with Gasteiger partial charge in [-0.05, 0) is 36.6 Å². The van der Waals surface area contributed by atoms with Crippen molar-refractivity contribution in [1.82, 2.24) is 5.32 Å². The van der Waals surface area contributed by atoms with Crippen LogP contribution in [0.1, 0.15) is 32.8 Å². The number of nitrogens with one attached hydrogen (secondary N) is 1. The molecule has 1 aromatic carbocycles. The second-order valence-electron chi connectivity index (χ2n) is 4.72. The third-order valence-corrected chi connectivity index (χ3v) is 3.49. The molecule has 0 aliphatic carbocycles. The molecule has 3 heteroatoms. The van der Waals surface area contributed by atoms with Crippen LogP contribution < -0.4 is 5.32 Å². The van der Waals surface area contributed by atoms with E-state index in [1.165, 1.54) is 17.7 Å². The lowest BCUT2D eigenvalue weighted by Gasteiger charge is -2.13. The molecule has 1 N–H and O–H groups in total. The van der Waals surface area contributed by atoms with Crippen molar-refractivity contribution in [2.24, 2.45) is 5.92 Å². The Hall–Kier alpha value is -0.670. The minimum atomic E-state index is -0.214. The third kappa shape index (κ3) is 4.91. The molecule has 0 radical (unpaired) electrons. The summed E-state index contributed by atoms with van der Waals surface area (Å²) in [5, 5.41) is 3.41. The Morgan fingerprint density at radius 1 is 1.44 bits per heavy atom. The number of rotatable bonds is 6. The van der Waals surface area contributed by atoms with Gasteiger partial charge in [0.15, 0.2) is 0 Å². The standard InChI is InChI=1S/C15H21BrFN/c1-4-7-18-10-13(11(2)3)8-12-5-6-14(17)9-15(12)16/h5-6,8-9,11,18H,4,7,10H2,1-3H3/b13-8-. The fourth-order valence-electron chi connectivity index (χ4n) is 1.65. The molecular weight excluding hydrogens is 293 g/mol. The summed E-state index contributed by atoms with van der Waals surface area (Å²) >= 11 is 3.40. The maximum atomic E-state index is 13.0. The maximum Gasteiger partial charge on any atom is 0.124 e. The van der Waals surface area contributed by atoms with Crippen LogP contribution >= 0.6 is 15.9 Å². The first-order chi connectivity index (χ1) is 8.54. The average Bonchev–Trinajstić information content (AvgIpc) is 2.30. The summed E-state index contributed by atoms with van der Waals surface area (Å²) in [6.07, 6.45) is 3.27. The Kier molecular flexibility index (Phi) is 6.58. The molecule has 0 aliphatic heterocycles. The molecule has 0 unspecified atom stereocenters. The van der Waals surface area contributed by atoms with Gasteiger partial charge in [0.05, 0.1) is 0 Å². The fourth-order valence-corrected chi connectivity index (χ4v) is 2.11. The van der Waals surface area contributed by atoms with Gasteiger partial charge in [-0.15, -0.1) is 0 Å². The van der Waals surface area contributed by atoms with Gasteiger partial charge in [-0.2, -0.15) is 0 Å². The fraction of sp³-hybridized carbons (Fsp3) is 0.467. The molecule has 0 atom stereocenters. The zero-order valence-corrected chi connectivity index (χ0v) is 12.8. The van der Waals surface area contributed by atoms with Crippen LogP contribution in [-0.2, 0) is 0 Å². The van der Waals surface area contributed by atoms with Crippen LogP contribution in [0, 0.1) is 11.7 Å². The van der Waals surface area contributed by atoms with Gasteiger partial charge >= 0.3 is 0 Å². The summed E-state index contributed by atoms with van der Waals surface area (Å²) in [5.41, 5.74) is 2.36. The van der Waals surface area contributed by atoms with E-state index in [1.54, 1.807) is 0 Å². The second-order valence-corrected chi connectivity index (χ2v) is 5.57. The van der Waals surface area contributed by atoms with E-state index in [0.717, 1.165) is 29.5 Å². The first-order valence-electron chi connectivity index (χ1n) is 6.40. The lowest BCUT2D eigenvalue weighted by Crippen LogP contribution is -2.19. The van der Waals surface area contributed by atoms with Gasteiger partial charge in [-0.25, -0.2) is 4.39 Å². The van der Waals surface area contributed by atoms with Crippen LogP contribution in [0.5, 0.6) is 0 Å². The normalized spacial score (nSPS) is 12.2. The summed E-state index contributed by atoms with van der Waals surface area (Å²) in [5.74, 6) is 0.264. The Balaban J connectivity index is 2.86. The zero-order valence-electron chi connectivity index (χ0n) is 11.3.